The molecule has 0 radical (unpaired) electrons. The first-order chi connectivity index (χ1) is 8.16. The van der Waals surface area contributed by atoms with Gasteiger partial charge in [0.15, 0.2) is 0 Å². The van der Waals surface area contributed by atoms with Gasteiger partial charge in [0, 0.05) is 11.0 Å². The Kier molecular flexibility index (Phi) is 12.2. The van der Waals surface area contributed by atoms with Crippen LogP contribution in [0, 0.1) is 0 Å². The fraction of sp³-hybridized carbons (Fsp3) is 0.769. The van der Waals surface area contributed by atoms with Crippen molar-refractivity contribution in [1.29, 1.82) is 0 Å². The van der Waals surface area contributed by atoms with Crippen LogP contribution in [0.2, 0.25) is 0 Å². The molecule has 0 atom stereocenters. The Morgan fingerprint density at radius 3 is 2.18 bits per heavy atom. The van der Waals surface area contributed by atoms with E-state index < -0.39 is 0 Å². The Morgan fingerprint density at radius 1 is 1.12 bits per heavy atom. The Morgan fingerprint density at radius 2 is 1.65 bits per heavy atom. The first-order valence-electron chi connectivity index (χ1n) is 6.25. The lowest BCUT2D eigenvalue weighted by molar-refractivity contribution is -0.141. The third-order valence-electron chi connectivity index (χ3n) is 2.48. The van der Waals surface area contributed by atoms with Gasteiger partial charge in [0.2, 0.25) is 0 Å². The van der Waals surface area contributed by atoms with Crippen LogP contribution >= 0.6 is 22.6 Å². The zero-order chi connectivity index (χ0) is 12.9. The third-order valence-corrected chi connectivity index (χ3v) is 3.16. The summed E-state index contributed by atoms with van der Waals surface area (Å²) in [5, 5.41) is 0. The number of rotatable bonds is 10. The SMILES string of the molecule is CC(=O)OCCCCCCCCC/C(F)=C\I. The topological polar surface area (TPSA) is 26.3 Å². The molecule has 0 aliphatic carbocycles. The molecule has 0 aliphatic heterocycles. The van der Waals surface area contributed by atoms with Crippen molar-refractivity contribution in [2.24, 2.45) is 0 Å². The number of carbonyl (C=O) groups excluding carboxylic acids is 1. The van der Waals surface area contributed by atoms with E-state index in [1.165, 1.54) is 30.3 Å². The maximum absolute atomic E-state index is 12.7. The summed E-state index contributed by atoms with van der Waals surface area (Å²) in [4.78, 5) is 10.5. The molecule has 0 N–H and O–H groups in total. The first-order valence-corrected chi connectivity index (χ1v) is 7.49. The normalized spacial score (nSPS) is 11.6. The average molecular weight is 356 g/mol. The van der Waals surface area contributed by atoms with Crippen molar-refractivity contribution in [2.45, 2.75) is 58.3 Å². The van der Waals surface area contributed by atoms with Gasteiger partial charge in [-0.25, -0.2) is 4.39 Å². The van der Waals surface area contributed by atoms with E-state index in [0.29, 0.717) is 13.0 Å². The maximum atomic E-state index is 12.7. The molecule has 0 aromatic carbocycles. The Bertz CT molecular complexity index is 229. The molecule has 0 unspecified atom stereocenters. The number of hydrogen-bond acceptors (Lipinski definition) is 2. The maximum Gasteiger partial charge on any atom is 0.302 e. The summed E-state index contributed by atoms with van der Waals surface area (Å²) in [5.74, 6) is -0.206. The molecule has 100 valence electrons. The van der Waals surface area contributed by atoms with Gasteiger partial charge in [-0.05, 0) is 19.3 Å². The van der Waals surface area contributed by atoms with Crippen LogP contribution in [0.5, 0.6) is 0 Å². The second-order valence-corrected chi connectivity index (χ2v) is 4.74. The van der Waals surface area contributed by atoms with Crippen LogP contribution in [0.1, 0.15) is 58.3 Å². The fourth-order valence-corrected chi connectivity index (χ4v) is 1.86. The quantitative estimate of drug-likeness (QED) is 0.316. The summed E-state index contributed by atoms with van der Waals surface area (Å²) in [6.07, 6.45) is 8.21. The van der Waals surface area contributed by atoms with Crippen molar-refractivity contribution >= 4 is 28.6 Å². The van der Waals surface area contributed by atoms with E-state index in [1.54, 1.807) is 0 Å². The number of unbranched alkanes of at least 4 members (excludes halogenated alkanes) is 6. The number of carbonyl (C=O) groups is 1. The number of allylic oxidation sites excluding steroid dienone is 1. The van der Waals surface area contributed by atoms with Crippen LogP contribution in [-0.2, 0) is 9.53 Å². The van der Waals surface area contributed by atoms with Crippen LogP contribution < -0.4 is 0 Å². The molecule has 0 fully saturated rings. The molecule has 4 heteroatoms. The van der Waals surface area contributed by atoms with Gasteiger partial charge in [-0.15, -0.1) is 0 Å². The fourth-order valence-electron chi connectivity index (χ4n) is 1.55. The van der Waals surface area contributed by atoms with Crippen LogP contribution in [0.4, 0.5) is 4.39 Å². The molecule has 0 aliphatic rings. The zero-order valence-corrected chi connectivity index (χ0v) is 12.7. The highest BCUT2D eigenvalue weighted by molar-refractivity contribution is 14.1. The second kappa shape index (κ2) is 12.3. The van der Waals surface area contributed by atoms with Crippen molar-refractivity contribution in [3.8, 4) is 0 Å². The van der Waals surface area contributed by atoms with Crippen molar-refractivity contribution in [3.05, 3.63) is 9.91 Å². The monoisotopic (exact) mass is 356 g/mol. The highest BCUT2D eigenvalue weighted by atomic mass is 127. The summed E-state index contributed by atoms with van der Waals surface area (Å²) in [6, 6.07) is 0. The van der Waals surface area contributed by atoms with Gasteiger partial charge in [0.25, 0.3) is 0 Å². The van der Waals surface area contributed by atoms with Gasteiger partial charge in [0.1, 0.15) is 5.83 Å². The van der Waals surface area contributed by atoms with Crippen LogP contribution in [-0.4, -0.2) is 12.6 Å². The van der Waals surface area contributed by atoms with E-state index in [4.69, 9.17) is 4.74 Å². The Balaban J connectivity index is 3.06. The van der Waals surface area contributed by atoms with Crippen molar-refractivity contribution < 1.29 is 13.9 Å². The van der Waals surface area contributed by atoms with Crippen LogP contribution in [0.25, 0.3) is 0 Å². The summed E-state index contributed by atoms with van der Waals surface area (Å²) in [6.45, 7) is 1.98. The zero-order valence-electron chi connectivity index (χ0n) is 10.5. The Hall–Kier alpha value is -0.130. The van der Waals surface area contributed by atoms with Gasteiger partial charge >= 0.3 is 5.97 Å². The van der Waals surface area contributed by atoms with E-state index in [0.717, 1.165) is 25.7 Å². The van der Waals surface area contributed by atoms with Gasteiger partial charge < -0.3 is 4.74 Å². The summed E-state index contributed by atoms with van der Waals surface area (Å²) < 4.78 is 19.1. The molecule has 0 aromatic heterocycles. The minimum absolute atomic E-state index is 0.00742. The Labute approximate surface area is 117 Å². The smallest absolute Gasteiger partial charge is 0.302 e. The van der Waals surface area contributed by atoms with E-state index in [9.17, 15) is 9.18 Å². The molecule has 0 saturated carbocycles. The van der Waals surface area contributed by atoms with Gasteiger partial charge in [-0.1, -0.05) is 54.7 Å². The molecule has 2 nitrogen and oxygen atoms in total. The molecule has 0 spiro atoms. The molecular formula is C13H22FIO2. The molecule has 0 rings (SSSR count). The van der Waals surface area contributed by atoms with E-state index in [-0.39, 0.29) is 11.8 Å². The van der Waals surface area contributed by atoms with Gasteiger partial charge in [-0.3, -0.25) is 4.79 Å². The summed E-state index contributed by atoms with van der Waals surface area (Å²) >= 11 is 1.93. The number of ether oxygens (including phenoxy) is 1. The summed E-state index contributed by atoms with van der Waals surface area (Å²) in [5.41, 5.74) is 0. The average Bonchev–Trinajstić information content (AvgIpc) is 2.30. The summed E-state index contributed by atoms with van der Waals surface area (Å²) in [7, 11) is 0. The molecule has 0 amide bonds. The number of esters is 1. The lowest BCUT2D eigenvalue weighted by atomic mass is 10.1. The van der Waals surface area contributed by atoms with E-state index in [2.05, 4.69) is 0 Å². The van der Waals surface area contributed by atoms with Gasteiger partial charge in [0.05, 0.1) is 6.61 Å². The molecule has 17 heavy (non-hydrogen) atoms. The van der Waals surface area contributed by atoms with Crippen LogP contribution in [0.3, 0.4) is 0 Å². The predicted molar refractivity (Wildman–Crippen MR) is 76.8 cm³/mol. The van der Waals surface area contributed by atoms with Crippen molar-refractivity contribution in [1.82, 2.24) is 0 Å². The first kappa shape index (κ1) is 16.9. The second-order valence-electron chi connectivity index (χ2n) is 4.12. The highest BCUT2D eigenvalue weighted by Crippen LogP contribution is 2.14. The van der Waals surface area contributed by atoms with Crippen molar-refractivity contribution in [2.75, 3.05) is 6.61 Å². The minimum atomic E-state index is -0.199. The molecule has 0 aromatic rings. The minimum Gasteiger partial charge on any atom is -0.466 e. The largest absolute Gasteiger partial charge is 0.466 e. The lowest BCUT2D eigenvalue weighted by Crippen LogP contribution is -2.00. The number of hydrogen-bond donors (Lipinski definition) is 0. The standard InChI is InChI=1S/C13H22FIO2/c1-12(16)17-10-8-6-4-2-3-5-7-9-13(14)11-15/h11H,2-10H2,1H3/b13-11+. The number of halogens is 2. The molecule has 0 heterocycles. The highest BCUT2D eigenvalue weighted by Gasteiger charge is 1.96. The van der Waals surface area contributed by atoms with E-state index in [1.807, 2.05) is 22.6 Å². The molecule has 0 saturated heterocycles. The third kappa shape index (κ3) is 13.8. The van der Waals surface area contributed by atoms with Crippen LogP contribution in [0.15, 0.2) is 9.91 Å². The van der Waals surface area contributed by atoms with Crippen molar-refractivity contribution in [3.63, 3.8) is 0 Å². The predicted octanol–water partition coefficient (Wildman–Crippen LogP) is 4.92. The van der Waals surface area contributed by atoms with E-state index >= 15 is 0 Å². The molecular weight excluding hydrogens is 334 g/mol. The molecule has 0 bridgehead atoms. The lowest BCUT2D eigenvalue weighted by Gasteiger charge is -2.02. The van der Waals surface area contributed by atoms with Gasteiger partial charge in [-0.2, -0.15) is 0 Å².